The Kier molecular flexibility index (Phi) is 8.34. The fraction of sp³-hybridized carbons (Fsp3) is 0.353. The number of alkyl halides is 3. The lowest BCUT2D eigenvalue weighted by Crippen LogP contribution is -2.38. The summed E-state index contributed by atoms with van der Waals surface area (Å²) in [7, 11) is 0. The number of hydrogen-bond acceptors (Lipinski definition) is 7. The number of imidazole rings is 1. The molecular formula is C34H31F3N6O3S. The van der Waals surface area contributed by atoms with Crippen LogP contribution in [-0.4, -0.2) is 60.4 Å². The molecule has 9 nitrogen and oxygen atoms in total. The third kappa shape index (κ3) is 6.41. The highest BCUT2D eigenvalue weighted by Gasteiger charge is 2.45. The zero-order valence-corrected chi connectivity index (χ0v) is 26.1. The first-order chi connectivity index (χ1) is 22.6. The smallest absolute Gasteiger partial charge is 0.393 e. The number of benzene rings is 2. The second-order valence-corrected chi connectivity index (χ2v) is 12.9. The molecule has 2 amide bonds. The van der Waals surface area contributed by atoms with Gasteiger partial charge in [-0.15, -0.1) is 11.3 Å². The van der Waals surface area contributed by atoms with Crippen LogP contribution in [0.5, 0.6) is 0 Å². The molecule has 0 unspecified atom stereocenters. The van der Waals surface area contributed by atoms with Crippen molar-refractivity contribution in [1.29, 1.82) is 0 Å². The number of anilines is 1. The van der Waals surface area contributed by atoms with Gasteiger partial charge in [-0.3, -0.25) is 19.8 Å². The van der Waals surface area contributed by atoms with Crippen molar-refractivity contribution in [2.24, 2.45) is 0 Å². The molecule has 242 valence electrons. The van der Waals surface area contributed by atoms with Gasteiger partial charge in [-0.05, 0) is 61.1 Å². The van der Waals surface area contributed by atoms with Crippen LogP contribution in [0.3, 0.4) is 0 Å². The van der Waals surface area contributed by atoms with Gasteiger partial charge in [0.2, 0.25) is 0 Å². The number of fused-ring (bicyclic) bond motifs is 2. The number of halogens is 3. The maximum atomic E-state index is 14.5. The van der Waals surface area contributed by atoms with E-state index in [-0.39, 0.29) is 22.8 Å². The number of aromatic nitrogens is 3. The van der Waals surface area contributed by atoms with E-state index in [9.17, 15) is 27.9 Å². The number of nitrogens with zero attached hydrogens (tertiary/aromatic N) is 5. The Morgan fingerprint density at radius 1 is 1.09 bits per heavy atom. The lowest BCUT2D eigenvalue weighted by Gasteiger charge is -2.29. The number of aliphatic hydroxyl groups is 1. The molecule has 1 saturated heterocycles. The maximum absolute atomic E-state index is 14.5. The molecule has 0 spiro atoms. The van der Waals surface area contributed by atoms with Crippen LogP contribution in [0.4, 0.5) is 18.3 Å². The minimum atomic E-state index is -4.75. The van der Waals surface area contributed by atoms with Gasteiger partial charge >= 0.3 is 6.18 Å². The van der Waals surface area contributed by atoms with Gasteiger partial charge in [0.15, 0.2) is 11.2 Å². The van der Waals surface area contributed by atoms with Gasteiger partial charge in [0.1, 0.15) is 0 Å². The Labute approximate surface area is 273 Å². The first kappa shape index (κ1) is 31.1. The molecule has 0 bridgehead atoms. The highest BCUT2D eigenvalue weighted by molar-refractivity contribution is 7.13. The van der Waals surface area contributed by atoms with Gasteiger partial charge in [-0.2, -0.15) is 13.2 Å². The first-order valence-corrected chi connectivity index (χ1v) is 16.3. The number of likely N-dealkylation sites (tertiary alicyclic amines) is 1. The quantitative estimate of drug-likeness (QED) is 0.283. The third-order valence-electron chi connectivity index (χ3n) is 8.92. The van der Waals surface area contributed by atoms with Gasteiger partial charge in [0.25, 0.3) is 11.8 Å². The predicted octanol–water partition coefficient (Wildman–Crippen LogP) is 5.00. The molecule has 0 radical (unpaired) electrons. The van der Waals surface area contributed by atoms with Crippen molar-refractivity contribution in [1.82, 2.24) is 24.3 Å². The molecule has 2 N–H and O–H groups in total. The van der Waals surface area contributed by atoms with E-state index in [1.807, 2.05) is 28.8 Å². The zero-order valence-electron chi connectivity index (χ0n) is 25.3. The summed E-state index contributed by atoms with van der Waals surface area (Å²) in [5.74, 6) is 4.48. The Morgan fingerprint density at radius 2 is 1.85 bits per heavy atom. The molecule has 5 heterocycles. The van der Waals surface area contributed by atoms with E-state index in [4.69, 9.17) is 0 Å². The Morgan fingerprint density at radius 3 is 2.57 bits per heavy atom. The van der Waals surface area contributed by atoms with Gasteiger partial charge in [-0.25, -0.2) is 9.97 Å². The van der Waals surface area contributed by atoms with Gasteiger partial charge in [0, 0.05) is 66.7 Å². The number of carbonyl (C=O) groups excluding carboxylic acids is 2. The molecule has 13 heteroatoms. The highest BCUT2D eigenvalue weighted by Crippen LogP contribution is 2.41. The first-order valence-electron chi connectivity index (χ1n) is 15.4. The predicted molar refractivity (Wildman–Crippen MR) is 168 cm³/mol. The zero-order chi connectivity index (χ0) is 32.7. The van der Waals surface area contributed by atoms with E-state index >= 15 is 0 Å². The summed E-state index contributed by atoms with van der Waals surface area (Å²) in [5, 5.41) is 14.5. The van der Waals surface area contributed by atoms with Crippen LogP contribution in [0.15, 0.2) is 54.3 Å². The molecule has 4 aromatic rings. The summed E-state index contributed by atoms with van der Waals surface area (Å²) in [4.78, 5) is 39.6. The topological polar surface area (TPSA) is 104 Å². The number of piperidine rings is 1. The second-order valence-electron chi connectivity index (χ2n) is 12.0. The van der Waals surface area contributed by atoms with Crippen molar-refractivity contribution in [3.8, 4) is 11.8 Å². The summed E-state index contributed by atoms with van der Waals surface area (Å²) in [6.45, 7) is 2.68. The van der Waals surface area contributed by atoms with Crippen molar-refractivity contribution in [2.45, 2.75) is 63.6 Å². The van der Waals surface area contributed by atoms with Crippen LogP contribution < -0.4 is 5.32 Å². The van der Waals surface area contributed by atoms with Crippen LogP contribution in [0.2, 0.25) is 0 Å². The summed E-state index contributed by atoms with van der Waals surface area (Å²) in [6.07, 6.45) is 1.11. The number of aryl methyl sites for hydroxylation is 1. The van der Waals surface area contributed by atoms with Gasteiger partial charge < -0.3 is 14.6 Å². The fourth-order valence-electron chi connectivity index (χ4n) is 6.54. The van der Waals surface area contributed by atoms with Crippen molar-refractivity contribution >= 4 is 28.3 Å². The third-order valence-corrected chi connectivity index (χ3v) is 9.60. The summed E-state index contributed by atoms with van der Waals surface area (Å²) in [6, 6.07) is 8.61. The van der Waals surface area contributed by atoms with Crippen LogP contribution in [0.25, 0.3) is 0 Å². The van der Waals surface area contributed by atoms with E-state index in [1.54, 1.807) is 11.7 Å². The minimum Gasteiger partial charge on any atom is -0.393 e. The van der Waals surface area contributed by atoms with E-state index in [2.05, 4.69) is 32.0 Å². The Bertz CT molecular complexity index is 1870. The van der Waals surface area contributed by atoms with Crippen LogP contribution in [0.1, 0.15) is 74.9 Å². The lowest BCUT2D eigenvalue weighted by molar-refractivity contribution is -0.138. The standard InChI is InChI=1S/C34H31F3N6O3S/c35-34(36,37)27-17-23(8-5-21-3-6-22(7-4-21)18-41-13-9-24(44)10-14-41)16-25-26(27)19-43(32(25)46)30(31(45)40-33-38-11-15-47-33)29-28-2-1-12-42(28)20-39-29/h3-4,6-7,11,15-17,20,24,30,44H,1-2,9-10,12-14,18-19H2,(H,38,40,45)/t30-/m1/s1. The average molecular weight is 661 g/mol. The molecule has 2 aromatic carbocycles. The molecule has 0 aliphatic carbocycles. The Balaban J connectivity index is 1.17. The number of thiazole rings is 1. The number of aliphatic hydroxyl groups excluding tert-OH is 1. The van der Waals surface area contributed by atoms with Crippen molar-refractivity contribution in [3.05, 3.63) is 99.1 Å². The van der Waals surface area contributed by atoms with E-state index in [1.165, 1.54) is 28.5 Å². The molecule has 1 fully saturated rings. The van der Waals surface area contributed by atoms with Gasteiger partial charge in [0.05, 0.1) is 23.7 Å². The summed E-state index contributed by atoms with van der Waals surface area (Å²) < 4.78 is 45.3. The van der Waals surface area contributed by atoms with Crippen LogP contribution in [-0.2, 0) is 37.0 Å². The van der Waals surface area contributed by atoms with Crippen molar-refractivity contribution in [2.75, 3.05) is 18.4 Å². The number of rotatable bonds is 6. The molecule has 7 rings (SSSR count). The molecular weight excluding hydrogens is 629 g/mol. The largest absolute Gasteiger partial charge is 0.416 e. The van der Waals surface area contributed by atoms with Crippen LogP contribution in [0, 0.1) is 11.8 Å². The number of carbonyl (C=O) groups is 2. The molecule has 3 aliphatic rings. The molecule has 3 aliphatic heterocycles. The van der Waals surface area contributed by atoms with E-state index in [0.29, 0.717) is 29.4 Å². The monoisotopic (exact) mass is 660 g/mol. The maximum Gasteiger partial charge on any atom is 0.416 e. The average Bonchev–Trinajstić information content (AvgIpc) is 3.85. The van der Waals surface area contributed by atoms with E-state index < -0.39 is 36.1 Å². The van der Waals surface area contributed by atoms with Crippen molar-refractivity contribution in [3.63, 3.8) is 0 Å². The molecule has 0 saturated carbocycles. The number of hydrogen-bond donors (Lipinski definition) is 2. The second kappa shape index (κ2) is 12.6. The SMILES string of the molecule is O=C(Nc1nccs1)[C@@H](c1ncn2c1CCC2)N1Cc2c(cc(C#Cc3ccc(CN4CCC(O)CC4)cc3)cc2C(F)(F)F)C1=O. The number of amides is 2. The molecule has 47 heavy (non-hydrogen) atoms. The van der Waals surface area contributed by atoms with E-state index in [0.717, 1.165) is 56.2 Å². The number of nitrogens with one attached hydrogen (secondary N) is 1. The Hall–Kier alpha value is -4.51. The lowest BCUT2D eigenvalue weighted by atomic mass is 9.99. The fourth-order valence-corrected chi connectivity index (χ4v) is 7.07. The van der Waals surface area contributed by atoms with Gasteiger partial charge in [-0.1, -0.05) is 24.0 Å². The van der Waals surface area contributed by atoms with Crippen molar-refractivity contribution < 1.29 is 27.9 Å². The molecule has 2 aromatic heterocycles. The molecule has 1 atom stereocenters. The normalized spacial score (nSPS) is 17.3. The highest BCUT2D eigenvalue weighted by atomic mass is 32.1. The summed E-state index contributed by atoms with van der Waals surface area (Å²) in [5.41, 5.74) is 1.62. The minimum absolute atomic E-state index is 0.0499. The van der Waals surface area contributed by atoms with Crippen LogP contribution >= 0.6 is 11.3 Å². The summed E-state index contributed by atoms with van der Waals surface area (Å²) >= 11 is 1.20.